The topological polar surface area (TPSA) is 60.7 Å². The fraction of sp³-hybridized carbons (Fsp3) is 0.867. The smallest absolute Gasteiger partial charge is 0.0911 e. The van der Waals surface area contributed by atoms with Crippen LogP contribution in [0.4, 0.5) is 0 Å². The molecule has 2 aliphatic rings. The zero-order chi connectivity index (χ0) is 13.6. The van der Waals surface area contributed by atoms with Crippen LogP contribution in [0.5, 0.6) is 0 Å². The van der Waals surface area contributed by atoms with Crippen LogP contribution in [0.2, 0.25) is 0 Å². The molecule has 2 rings (SSSR count). The summed E-state index contributed by atoms with van der Waals surface area (Å²) in [6, 6.07) is 0. The van der Waals surface area contributed by atoms with Crippen molar-refractivity contribution >= 4 is 0 Å². The molecule has 0 bridgehead atoms. The highest BCUT2D eigenvalue weighted by Gasteiger charge is 2.56. The van der Waals surface area contributed by atoms with E-state index in [0.717, 1.165) is 37.7 Å². The van der Waals surface area contributed by atoms with Crippen molar-refractivity contribution in [1.29, 1.82) is 0 Å². The van der Waals surface area contributed by atoms with Gasteiger partial charge < -0.3 is 15.3 Å². The van der Waals surface area contributed by atoms with Gasteiger partial charge in [0.15, 0.2) is 0 Å². The molecule has 0 aliphatic heterocycles. The van der Waals surface area contributed by atoms with Gasteiger partial charge in [-0.1, -0.05) is 13.5 Å². The number of hydrogen-bond donors (Lipinski definition) is 3. The van der Waals surface area contributed by atoms with Gasteiger partial charge in [-0.2, -0.15) is 0 Å². The zero-order valence-electron chi connectivity index (χ0n) is 11.6. The van der Waals surface area contributed by atoms with Crippen molar-refractivity contribution in [3.8, 4) is 0 Å². The maximum atomic E-state index is 11.1. The van der Waals surface area contributed by atoms with E-state index in [-0.39, 0.29) is 17.9 Å². The van der Waals surface area contributed by atoms with Crippen molar-refractivity contribution in [1.82, 2.24) is 0 Å². The molecule has 4 atom stereocenters. The molecule has 0 aromatic rings. The van der Waals surface area contributed by atoms with Gasteiger partial charge in [0.2, 0.25) is 0 Å². The van der Waals surface area contributed by atoms with Gasteiger partial charge in [-0.3, -0.25) is 0 Å². The molecule has 0 unspecified atom stereocenters. The second kappa shape index (κ2) is 4.32. The van der Waals surface area contributed by atoms with Crippen LogP contribution in [-0.2, 0) is 0 Å². The summed E-state index contributed by atoms with van der Waals surface area (Å²) in [5.41, 5.74) is -1.17. The second-order valence-electron chi connectivity index (χ2n) is 6.83. The zero-order valence-corrected chi connectivity index (χ0v) is 11.6. The molecule has 0 radical (unpaired) electrons. The summed E-state index contributed by atoms with van der Waals surface area (Å²) >= 11 is 0. The minimum absolute atomic E-state index is 0.0598. The molecule has 18 heavy (non-hydrogen) atoms. The number of fused-ring (bicyclic) bond motifs is 1. The van der Waals surface area contributed by atoms with E-state index in [1.807, 2.05) is 0 Å². The van der Waals surface area contributed by atoms with Gasteiger partial charge in [0.05, 0.1) is 17.8 Å². The summed E-state index contributed by atoms with van der Waals surface area (Å²) in [5.74, 6) is -0.0598. The van der Waals surface area contributed by atoms with Crippen LogP contribution in [-0.4, -0.2) is 33.1 Å². The van der Waals surface area contributed by atoms with E-state index in [1.54, 1.807) is 6.92 Å². The van der Waals surface area contributed by atoms with E-state index in [9.17, 15) is 15.3 Å². The average Bonchev–Trinajstić information content (AvgIpc) is 2.31. The van der Waals surface area contributed by atoms with Crippen molar-refractivity contribution in [2.75, 3.05) is 6.61 Å². The summed E-state index contributed by atoms with van der Waals surface area (Å²) in [7, 11) is 0. The predicted octanol–water partition coefficient (Wildman–Crippen LogP) is 2.01. The molecule has 3 heteroatoms. The molecule has 3 nitrogen and oxygen atoms in total. The lowest BCUT2D eigenvalue weighted by Gasteiger charge is -2.56. The summed E-state index contributed by atoms with van der Waals surface area (Å²) in [6.45, 7) is 7.61. The first-order valence-electron chi connectivity index (χ1n) is 6.99. The van der Waals surface area contributed by atoms with Crippen LogP contribution in [0.1, 0.15) is 52.4 Å². The van der Waals surface area contributed by atoms with Gasteiger partial charge in [-0.15, -0.1) is 0 Å². The highest BCUT2D eigenvalue weighted by atomic mass is 16.3. The van der Waals surface area contributed by atoms with Crippen molar-refractivity contribution in [3.05, 3.63) is 12.2 Å². The predicted molar refractivity (Wildman–Crippen MR) is 71.1 cm³/mol. The van der Waals surface area contributed by atoms with E-state index >= 15 is 0 Å². The molecule has 0 heterocycles. The minimum Gasteiger partial charge on any atom is -0.393 e. The van der Waals surface area contributed by atoms with Crippen molar-refractivity contribution in [3.63, 3.8) is 0 Å². The monoisotopic (exact) mass is 254 g/mol. The summed E-state index contributed by atoms with van der Waals surface area (Å²) in [5, 5.41) is 30.6. The maximum Gasteiger partial charge on any atom is 0.0911 e. The van der Waals surface area contributed by atoms with E-state index in [2.05, 4.69) is 13.5 Å². The summed E-state index contributed by atoms with van der Waals surface area (Å²) in [4.78, 5) is 0. The molecule has 0 aromatic carbocycles. The Kier molecular flexibility index (Phi) is 3.37. The fourth-order valence-electron chi connectivity index (χ4n) is 3.87. The van der Waals surface area contributed by atoms with Crippen LogP contribution in [0.25, 0.3) is 0 Å². The highest BCUT2D eigenvalue weighted by Crippen LogP contribution is 2.57. The van der Waals surface area contributed by atoms with Crippen LogP contribution in [0.15, 0.2) is 12.2 Å². The lowest BCUT2D eigenvalue weighted by molar-refractivity contribution is -0.152. The molecule has 0 spiro atoms. The Hall–Kier alpha value is -0.380. The summed E-state index contributed by atoms with van der Waals surface area (Å²) < 4.78 is 0. The Labute approximate surface area is 110 Å². The van der Waals surface area contributed by atoms with Crippen LogP contribution >= 0.6 is 0 Å². The number of rotatable bonds is 2. The molecule has 2 aliphatic carbocycles. The second-order valence-corrected chi connectivity index (χ2v) is 6.83. The third-order valence-corrected chi connectivity index (χ3v) is 5.58. The molecular weight excluding hydrogens is 228 g/mol. The molecule has 2 fully saturated rings. The Morgan fingerprint density at radius 2 is 2.11 bits per heavy atom. The Morgan fingerprint density at radius 3 is 2.72 bits per heavy atom. The van der Waals surface area contributed by atoms with Crippen molar-refractivity contribution < 1.29 is 15.3 Å². The van der Waals surface area contributed by atoms with Gasteiger partial charge >= 0.3 is 0 Å². The van der Waals surface area contributed by atoms with Crippen LogP contribution in [0.3, 0.4) is 0 Å². The quantitative estimate of drug-likeness (QED) is 0.661. The first kappa shape index (κ1) is 14.0. The van der Waals surface area contributed by atoms with Crippen LogP contribution in [0, 0.1) is 11.3 Å². The van der Waals surface area contributed by atoms with E-state index in [0.29, 0.717) is 6.42 Å². The van der Waals surface area contributed by atoms with Gasteiger partial charge in [0.1, 0.15) is 0 Å². The first-order valence-corrected chi connectivity index (χ1v) is 6.99. The van der Waals surface area contributed by atoms with Gasteiger partial charge in [0.25, 0.3) is 0 Å². The lowest BCUT2D eigenvalue weighted by atomic mass is 9.52. The molecule has 0 amide bonds. The van der Waals surface area contributed by atoms with E-state index < -0.39 is 11.2 Å². The minimum atomic E-state index is -1.10. The number of aliphatic hydroxyl groups excluding tert-OH is 1. The Balaban J connectivity index is 2.27. The molecule has 0 aromatic heterocycles. The lowest BCUT2D eigenvalue weighted by Crippen LogP contribution is -2.57. The van der Waals surface area contributed by atoms with Crippen molar-refractivity contribution in [2.24, 2.45) is 11.3 Å². The summed E-state index contributed by atoms with van der Waals surface area (Å²) in [6.07, 6.45) is 5.27. The largest absolute Gasteiger partial charge is 0.393 e. The molecular formula is C15H26O3. The molecule has 0 saturated heterocycles. The normalized spacial score (nSPS) is 44.3. The molecule has 3 N–H and O–H groups in total. The number of aliphatic hydroxyl groups is 3. The maximum absolute atomic E-state index is 11.1. The standard InChI is InChI=1S/C15H26O3/c1-11-5-4-7-13(2)8-6-12(9-15(11,13)18)14(3,17)10-16/h12,16-18H,1,4-10H2,2-3H3/t12-,13-,14+,15+/m1/s1. The average molecular weight is 254 g/mol. The van der Waals surface area contributed by atoms with E-state index in [1.165, 1.54) is 0 Å². The van der Waals surface area contributed by atoms with Gasteiger partial charge in [-0.25, -0.2) is 0 Å². The number of hydrogen-bond acceptors (Lipinski definition) is 3. The Bertz CT molecular complexity index is 350. The third-order valence-electron chi connectivity index (χ3n) is 5.58. The fourth-order valence-corrected chi connectivity index (χ4v) is 3.87. The molecule has 104 valence electrons. The van der Waals surface area contributed by atoms with E-state index in [4.69, 9.17) is 0 Å². The van der Waals surface area contributed by atoms with Gasteiger partial charge in [0, 0.05) is 5.41 Å². The first-order chi connectivity index (χ1) is 8.25. The third kappa shape index (κ3) is 1.93. The molecule has 2 saturated carbocycles. The van der Waals surface area contributed by atoms with Crippen LogP contribution < -0.4 is 0 Å². The SMILES string of the molecule is C=C1CCC[C@]2(C)CC[C@@H]([C@@](C)(O)CO)C[C@]12O. The van der Waals surface area contributed by atoms with Crippen molar-refractivity contribution in [2.45, 2.75) is 63.6 Å². The highest BCUT2D eigenvalue weighted by molar-refractivity contribution is 5.24. The Morgan fingerprint density at radius 1 is 1.44 bits per heavy atom. The van der Waals surface area contributed by atoms with Gasteiger partial charge in [-0.05, 0) is 56.9 Å².